The first-order valence-electron chi connectivity index (χ1n) is 6.85. The van der Waals surface area contributed by atoms with E-state index in [2.05, 4.69) is 10.3 Å². The zero-order valence-corrected chi connectivity index (χ0v) is 12.7. The van der Waals surface area contributed by atoms with Crippen LogP contribution in [0.1, 0.15) is 21.6 Å². The molecular weight excluding hydrogens is 307 g/mol. The highest BCUT2D eigenvalue weighted by Gasteiger charge is 2.32. The van der Waals surface area contributed by atoms with Crippen LogP contribution in [0.4, 0.5) is 18.9 Å². The van der Waals surface area contributed by atoms with Gasteiger partial charge in [0.25, 0.3) is 5.91 Å². The number of rotatable bonds is 4. The van der Waals surface area contributed by atoms with Crippen molar-refractivity contribution in [2.24, 2.45) is 0 Å². The maximum Gasteiger partial charge on any atom is 0.433 e. The summed E-state index contributed by atoms with van der Waals surface area (Å²) in [5.74, 6) is -0.470. The van der Waals surface area contributed by atoms with Gasteiger partial charge in [0.2, 0.25) is 0 Å². The first-order chi connectivity index (χ1) is 10.8. The molecular formula is C16H16F3N3O. The van der Waals surface area contributed by atoms with E-state index in [-0.39, 0.29) is 12.1 Å². The van der Waals surface area contributed by atoms with Crippen LogP contribution in [-0.2, 0) is 12.7 Å². The highest BCUT2D eigenvalue weighted by atomic mass is 19.4. The van der Waals surface area contributed by atoms with Gasteiger partial charge in [0.15, 0.2) is 0 Å². The topological polar surface area (TPSA) is 45.2 Å². The van der Waals surface area contributed by atoms with Gasteiger partial charge in [-0.15, -0.1) is 0 Å². The van der Waals surface area contributed by atoms with Gasteiger partial charge in [-0.05, 0) is 29.8 Å². The standard InChI is InChI=1S/C16H16F3N3O/c1-22(2)13-6-3-11(4-7-13)9-21-15(23)12-5-8-14(20-10-12)16(17,18)19/h3-8,10H,9H2,1-2H3,(H,21,23). The highest BCUT2D eigenvalue weighted by molar-refractivity contribution is 5.93. The van der Waals surface area contributed by atoms with E-state index in [1.807, 2.05) is 43.3 Å². The highest BCUT2D eigenvalue weighted by Crippen LogP contribution is 2.27. The molecule has 0 saturated carbocycles. The molecule has 0 aliphatic carbocycles. The molecule has 0 unspecified atom stereocenters. The second kappa shape index (κ2) is 6.68. The van der Waals surface area contributed by atoms with Gasteiger partial charge < -0.3 is 10.2 Å². The third-order valence-electron chi connectivity index (χ3n) is 3.22. The van der Waals surface area contributed by atoms with Crippen molar-refractivity contribution in [3.05, 3.63) is 59.4 Å². The van der Waals surface area contributed by atoms with Gasteiger partial charge in [-0.25, -0.2) is 0 Å². The molecule has 23 heavy (non-hydrogen) atoms. The second-order valence-corrected chi connectivity index (χ2v) is 5.17. The van der Waals surface area contributed by atoms with Gasteiger partial charge in [-0.1, -0.05) is 12.1 Å². The number of pyridine rings is 1. The molecule has 0 radical (unpaired) electrons. The monoisotopic (exact) mass is 323 g/mol. The van der Waals surface area contributed by atoms with Gasteiger partial charge in [0.05, 0.1) is 5.56 Å². The van der Waals surface area contributed by atoms with Gasteiger partial charge in [-0.2, -0.15) is 13.2 Å². The fraction of sp³-hybridized carbons (Fsp3) is 0.250. The lowest BCUT2D eigenvalue weighted by Crippen LogP contribution is -2.23. The summed E-state index contributed by atoms with van der Waals surface area (Å²) in [5.41, 5.74) is 0.993. The number of nitrogens with zero attached hydrogens (tertiary/aromatic N) is 2. The molecule has 1 N–H and O–H groups in total. The largest absolute Gasteiger partial charge is 0.433 e. The quantitative estimate of drug-likeness (QED) is 0.940. The SMILES string of the molecule is CN(C)c1ccc(CNC(=O)c2ccc(C(F)(F)F)nc2)cc1. The molecule has 1 aromatic carbocycles. The van der Waals surface area contributed by atoms with Crippen molar-refractivity contribution in [3.63, 3.8) is 0 Å². The smallest absolute Gasteiger partial charge is 0.378 e. The van der Waals surface area contributed by atoms with Crippen molar-refractivity contribution in [3.8, 4) is 0 Å². The van der Waals surface area contributed by atoms with Crippen molar-refractivity contribution in [1.82, 2.24) is 10.3 Å². The van der Waals surface area contributed by atoms with Crippen LogP contribution in [0.15, 0.2) is 42.6 Å². The molecule has 0 atom stereocenters. The van der Waals surface area contributed by atoms with E-state index in [9.17, 15) is 18.0 Å². The van der Waals surface area contributed by atoms with Crippen LogP contribution in [0.25, 0.3) is 0 Å². The van der Waals surface area contributed by atoms with E-state index >= 15 is 0 Å². The average molecular weight is 323 g/mol. The molecule has 122 valence electrons. The summed E-state index contributed by atoms with van der Waals surface area (Å²) < 4.78 is 37.2. The minimum absolute atomic E-state index is 0.0860. The number of amides is 1. The van der Waals surface area contributed by atoms with Crippen molar-refractivity contribution in [2.75, 3.05) is 19.0 Å². The summed E-state index contributed by atoms with van der Waals surface area (Å²) in [6, 6.07) is 9.49. The van der Waals surface area contributed by atoms with Crippen molar-refractivity contribution < 1.29 is 18.0 Å². The maximum absolute atomic E-state index is 12.4. The molecule has 7 heteroatoms. The summed E-state index contributed by atoms with van der Waals surface area (Å²) in [6.45, 7) is 0.285. The molecule has 0 spiro atoms. The number of nitrogens with one attached hydrogen (secondary N) is 1. The van der Waals surface area contributed by atoms with Crippen LogP contribution in [0.5, 0.6) is 0 Å². The van der Waals surface area contributed by atoms with E-state index in [1.54, 1.807) is 0 Å². The van der Waals surface area contributed by atoms with E-state index in [4.69, 9.17) is 0 Å². The maximum atomic E-state index is 12.4. The summed E-state index contributed by atoms with van der Waals surface area (Å²) in [5, 5.41) is 2.65. The van der Waals surface area contributed by atoms with Crippen LogP contribution in [0, 0.1) is 0 Å². The lowest BCUT2D eigenvalue weighted by molar-refractivity contribution is -0.141. The Balaban J connectivity index is 1.96. The van der Waals surface area contributed by atoms with Gasteiger partial charge in [0.1, 0.15) is 5.69 Å². The Labute approximate surface area is 132 Å². The first-order valence-corrected chi connectivity index (χ1v) is 6.85. The lowest BCUT2D eigenvalue weighted by atomic mass is 10.2. The molecule has 4 nitrogen and oxygen atoms in total. The number of aromatic nitrogens is 1. The van der Waals surface area contributed by atoms with E-state index in [0.29, 0.717) is 0 Å². The molecule has 1 amide bonds. The van der Waals surface area contributed by atoms with Crippen molar-refractivity contribution >= 4 is 11.6 Å². The molecule has 0 bridgehead atoms. The molecule has 2 rings (SSSR count). The Kier molecular flexibility index (Phi) is 4.88. The number of hydrogen-bond acceptors (Lipinski definition) is 3. The fourth-order valence-electron chi connectivity index (χ4n) is 1.89. The van der Waals surface area contributed by atoms with Crippen LogP contribution in [0.3, 0.4) is 0 Å². The number of halogens is 3. The molecule has 0 aliphatic rings. The Hall–Kier alpha value is -2.57. The van der Waals surface area contributed by atoms with Crippen LogP contribution in [-0.4, -0.2) is 25.0 Å². The van der Waals surface area contributed by atoms with E-state index < -0.39 is 17.8 Å². The first kappa shape index (κ1) is 16.8. The summed E-state index contributed by atoms with van der Waals surface area (Å²) in [6.07, 6.45) is -3.59. The Morgan fingerprint density at radius 2 is 1.78 bits per heavy atom. The van der Waals surface area contributed by atoms with Crippen molar-refractivity contribution in [2.45, 2.75) is 12.7 Å². The summed E-state index contributed by atoms with van der Waals surface area (Å²) in [7, 11) is 3.85. The number of carbonyl (C=O) groups is 1. The molecule has 2 aromatic rings. The van der Waals surface area contributed by atoms with Crippen LogP contribution < -0.4 is 10.2 Å². The number of benzene rings is 1. The Morgan fingerprint density at radius 1 is 1.13 bits per heavy atom. The minimum atomic E-state index is -4.51. The fourth-order valence-corrected chi connectivity index (χ4v) is 1.89. The zero-order valence-electron chi connectivity index (χ0n) is 12.7. The molecule has 0 fully saturated rings. The molecule has 0 aliphatic heterocycles. The number of alkyl halides is 3. The number of anilines is 1. The molecule has 1 heterocycles. The number of carbonyl (C=O) groups excluding carboxylic acids is 1. The normalized spacial score (nSPS) is 11.2. The van der Waals surface area contributed by atoms with E-state index in [1.165, 1.54) is 0 Å². The van der Waals surface area contributed by atoms with Crippen molar-refractivity contribution in [1.29, 1.82) is 0 Å². The van der Waals surface area contributed by atoms with Crippen LogP contribution >= 0.6 is 0 Å². The summed E-state index contributed by atoms with van der Waals surface area (Å²) >= 11 is 0. The third-order valence-corrected chi connectivity index (χ3v) is 3.22. The summed E-state index contributed by atoms with van der Waals surface area (Å²) in [4.78, 5) is 17.1. The Bertz CT molecular complexity index is 664. The van der Waals surface area contributed by atoms with Gasteiger partial charge in [0, 0.05) is 32.5 Å². The molecule has 1 aromatic heterocycles. The predicted octanol–water partition coefficient (Wildman–Crippen LogP) is 3.10. The number of hydrogen-bond donors (Lipinski definition) is 1. The average Bonchev–Trinajstić information content (AvgIpc) is 2.52. The van der Waals surface area contributed by atoms with E-state index in [0.717, 1.165) is 29.6 Å². The molecule has 0 saturated heterocycles. The Morgan fingerprint density at radius 3 is 2.26 bits per heavy atom. The third kappa shape index (κ3) is 4.45. The van der Waals surface area contributed by atoms with Gasteiger partial charge in [-0.3, -0.25) is 9.78 Å². The minimum Gasteiger partial charge on any atom is -0.378 e. The zero-order chi connectivity index (χ0) is 17.0. The van der Waals surface area contributed by atoms with Crippen LogP contribution in [0.2, 0.25) is 0 Å². The second-order valence-electron chi connectivity index (χ2n) is 5.17. The lowest BCUT2D eigenvalue weighted by Gasteiger charge is -2.13. The van der Waals surface area contributed by atoms with Gasteiger partial charge >= 0.3 is 6.18 Å². The predicted molar refractivity (Wildman–Crippen MR) is 81.2 cm³/mol.